The topological polar surface area (TPSA) is 63.6 Å². The van der Waals surface area contributed by atoms with Crippen LogP contribution in [0.5, 0.6) is 0 Å². The molecule has 1 atom stereocenters. The highest BCUT2D eigenvalue weighted by atomic mass is 35.5. The van der Waals surface area contributed by atoms with Gasteiger partial charge in [-0.15, -0.1) is 0 Å². The van der Waals surface area contributed by atoms with E-state index < -0.39 is 16.2 Å². The molecule has 0 bridgehead atoms. The first kappa shape index (κ1) is 12.4. The third-order valence-electron chi connectivity index (χ3n) is 1.67. The van der Waals surface area contributed by atoms with Crippen LogP contribution in [0.3, 0.4) is 0 Å². The van der Waals surface area contributed by atoms with Crippen molar-refractivity contribution >= 4 is 21.7 Å². The normalized spacial score (nSPS) is 13.8. The second kappa shape index (κ2) is 4.94. The van der Waals surface area contributed by atoms with Gasteiger partial charge in [-0.1, -0.05) is 23.7 Å². The van der Waals surface area contributed by atoms with Crippen LogP contribution >= 0.6 is 11.6 Å². The van der Waals surface area contributed by atoms with E-state index in [0.29, 0.717) is 10.6 Å². The molecule has 15 heavy (non-hydrogen) atoms. The van der Waals surface area contributed by atoms with Crippen molar-refractivity contribution in [2.24, 2.45) is 0 Å². The number of benzene rings is 1. The fourth-order valence-electron chi connectivity index (χ4n) is 0.998. The molecule has 0 aliphatic heterocycles. The van der Waals surface area contributed by atoms with Gasteiger partial charge in [-0.05, 0) is 17.7 Å². The van der Waals surface area contributed by atoms with Crippen molar-refractivity contribution < 1.29 is 17.7 Å². The van der Waals surface area contributed by atoms with Crippen LogP contribution in [0.1, 0.15) is 11.7 Å². The van der Waals surface area contributed by atoms with Gasteiger partial charge < -0.3 is 5.11 Å². The molecule has 6 heteroatoms. The van der Waals surface area contributed by atoms with Crippen molar-refractivity contribution in [1.82, 2.24) is 0 Å². The second-order valence-electron chi connectivity index (χ2n) is 3.06. The van der Waals surface area contributed by atoms with Gasteiger partial charge in [-0.25, -0.2) is 0 Å². The van der Waals surface area contributed by atoms with E-state index in [1.807, 2.05) is 0 Å². The van der Waals surface area contributed by atoms with Crippen molar-refractivity contribution in [3.8, 4) is 0 Å². The van der Waals surface area contributed by atoms with E-state index in [4.69, 9.17) is 11.6 Å². The van der Waals surface area contributed by atoms with Crippen LogP contribution in [0.25, 0.3) is 0 Å². The van der Waals surface area contributed by atoms with Crippen molar-refractivity contribution in [3.63, 3.8) is 0 Å². The van der Waals surface area contributed by atoms with Crippen LogP contribution in [-0.2, 0) is 14.3 Å². The summed E-state index contributed by atoms with van der Waals surface area (Å²) in [6, 6.07) is 6.52. The third-order valence-corrected chi connectivity index (χ3v) is 2.47. The Kier molecular flexibility index (Phi) is 4.10. The number of halogens is 1. The largest absolute Gasteiger partial charge is 0.386 e. The smallest absolute Gasteiger partial charge is 0.264 e. The van der Waals surface area contributed by atoms with Crippen LogP contribution in [0.4, 0.5) is 0 Å². The van der Waals surface area contributed by atoms with Crippen LogP contribution in [0, 0.1) is 0 Å². The van der Waals surface area contributed by atoms with E-state index in [1.54, 1.807) is 24.3 Å². The van der Waals surface area contributed by atoms with E-state index in [-0.39, 0.29) is 6.61 Å². The molecule has 1 rings (SSSR count). The molecule has 0 heterocycles. The van der Waals surface area contributed by atoms with Gasteiger partial charge in [0.1, 0.15) is 6.10 Å². The molecule has 0 aromatic heterocycles. The first-order chi connectivity index (χ1) is 6.88. The molecular formula is C9H11ClO4S. The average molecular weight is 251 g/mol. The van der Waals surface area contributed by atoms with Crippen molar-refractivity contribution in [1.29, 1.82) is 0 Å². The molecule has 1 N–H and O–H groups in total. The summed E-state index contributed by atoms with van der Waals surface area (Å²) in [5, 5.41) is 10.0. The minimum atomic E-state index is -3.53. The SMILES string of the molecule is CS(=O)(=O)OC[C@H](O)c1cccc(Cl)c1. The zero-order chi connectivity index (χ0) is 11.5. The maximum Gasteiger partial charge on any atom is 0.264 e. The zero-order valence-corrected chi connectivity index (χ0v) is 9.62. The van der Waals surface area contributed by atoms with Crippen molar-refractivity contribution in [3.05, 3.63) is 34.9 Å². The summed E-state index contributed by atoms with van der Waals surface area (Å²) in [5.74, 6) is 0. The number of hydrogen-bond donors (Lipinski definition) is 1. The minimum Gasteiger partial charge on any atom is -0.386 e. The monoisotopic (exact) mass is 250 g/mol. The molecule has 0 amide bonds. The average Bonchev–Trinajstić information content (AvgIpc) is 2.13. The van der Waals surface area contributed by atoms with E-state index in [2.05, 4.69) is 4.18 Å². The fourth-order valence-corrected chi connectivity index (χ4v) is 1.57. The molecular weight excluding hydrogens is 240 g/mol. The summed E-state index contributed by atoms with van der Waals surface area (Å²) in [6.45, 7) is -0.306. The Hall–Kier alpha value is -0.620. The van der Waals surface area contributed by atoms with Gasteiger partial charge in [0.15, 0.2) is 0 Å². The Morgan fingerprint density at radius 2 is 2.20 bits per heavy atom. The van der Waals surface area contributed by atoms with Crippen LogP contribution in [0.2, 0.25) is 5.02 Å². The van der Waals surface area contributed by atoms with E-state index in [9.17, 15) is 13.5 Å². The maximum atomic E-state index is 10.7. The number of aliphatic hydroxyl groups excluding tert-OH is 1. The number of aliphatic hydroxyl groups is 1. The van der Waals surface area contributed by atoms with Gasteiger partial charge in [0.25, 0.3) is 10.1 Å². The van der Waals surface area contributed by atoms with Crippen molar-refractivity contribution in [2.45, 2.75) is 6.10 Å². The summed E-state index contributed by atoms with van der Waals surface area (Å²) >= 11 is 5.71. The van der Waals surface area contributed by atoms with E-state index in [1.165, 1.54) is 0 Å². The molecule has 1 aromatic rings. The molecule has 4 nitrogen and oxygen atoms in total. The fraction of sp³-hybridized carbons (Fsp3) is 0.333. The van der Waals surface area contributed by atoms with E-state index >= 15 is 0 Å². The number of hydrogen-bond acceptors (Lipinski definition) is 4. The second-order valence-corrected chi connectivity index (χ2v) is 5.14. The first-order valence-electron chi connectivity index (χ1n) is 4.16. The van der Waals surface area contributed by atoms with E-state index in [0.717, 1.165) is 6.26 Å². The lowest BCUT2D eigenvalue weighted by molar-refractivity contribution is 0.112. The molecule has 0 radical (unpaired) electrons. The Labute approximate surface area is 93.6 Å². The summed E-state index contributed by atoms with van der Waals surface area (Å²) in [5.41, 5.74) is 0.520. The lowest BCUT2D eigenvalue weighted by Crippen LogP contribution is -2.11. The summed E-state index contributed by atoms with van der Waals surface area (Å²) < 4.78 is 25.8. The third kappa shape index (κ3) is 4.61. The van der Waals surface area contributed by atoms with Gasteiger partial charge in [-0.3, -0.25) is 4.18 Å². The lowest BCUT2D eigenvalue weighted by Gasteiger charge is -2.10. The van der Waals surface area contributed by atoms with Gasteiger partial charge in [0.05, 0.1) is 12.9 Å². The molecule has 84 valence electrons. The van der Waals surface area contributed by atoms with Crippen LogP contribution < -0.4 is 0 Å². The van der Waals surface area contributed by atoms with Gasteiger partial charge >= 0.3 is 0 Å². The Balaban J connectivity index is 2.65. The predicted octanol–water partition coefficient (Wildman–Crippen LogP) is 1.35. The zero-order valence-electron chi connectivity index (χ0n) is 8.05. The molecule has 0 aliphatic rings. The Morgan fingerprint density at radius 1 is 1.53 bits per heavy atom. The van der Waals surface area contributed by atoms with Gasteiger partial charge in [0, 0.05) is 5.02 Å². The van der Waals surface area contributed by atoms with Crippen LogP contribution in [-0.4, -0.2) is 26.4 Å². The summed E-state index contributed by atoms with van der Waals surface area (Å²) in [7, 11) is -3.53. The number of rotatable bonds is 4. The summed E-state index contributed by atoms with van der Waals surface area (Å²) in [6.07, 6.45) is -0.0732. The molecule has 0 saturated carbocycles. The quantitative estimate of drug-likeness (QED) is 0.820. The Morgan fingerprint density at radius 3 is 2.73 bits per heavy atom. The molecule has 0 aliphatic carbocycles. The molecule has 1 aromatic carbocycles. The molecule has 0 fully saturated rings. The highest BCUT2D eigenvalue weighted by Crippen LogP contribution is 2.18. The lowest BCUT2D eigenvalue weighted by atomic mass is 10.1. The predicted molar refractivity (Wildman–Crippen MR) is 57.2 cm³/mol. The molecule has 0 saturated heterocycles. The maximum absolute atomic E-state index is 10.7. The van der Waals surface area contributed by atoms with Crippen LogP contribution in [0.15, 0.2) is 24.3 Å². The Bertz CT molecular complexity index is 429. The van der Waals surface area contributed by atoms with Gasteiger partial charge in [0.2, 0.25) is 0 Å². The highest BCUT2D eigenvalue weighted by molar-refractivity contribution is 7.85. The summed E-state index contributed by atoms with van der Waals surface area (Å²) in [4.78, 5) is 0. The molecule has 0 spiro atoms. The van der Waals surface area contributed by atoms with Crippen molar-refractivity contribution in [2.75, 3.05) is 12.9 Å². The first-order valence-corrected chi connectivity index (χ1v) is 6.36. The highest BCUT2D eigenvalue weighted by Gasteiger charge is 2.11. The molecule has 0 unspecified atom stereocenters. The standard InChI is InChI=1S/C9H11ClO4S/c1-15(12,13)14-6-9(11)7-3-2-4-8(10)5-7/h2-5,9,11H,6H2,1H3/t9-/m0/s1. The minimum absolute atomic E-state index is 0.306. The van der Waals surface area contributed by atoms with Gasteiger partial charge in [-0.2, -0.15) is 8.42 Å².